The molecule has 1 atom stereocenters. The molecule has 0 saturated heterocycles. The second-order valence-corrected chi connectivity index (χ2v) is 7.33. The highest BCUT2D eigenvalue weighted by Crippen LogP contribution is 2.25. The Labute approximate surface area is 166 Å². The highest BCUT2D eigenvalue weighted by atomic mass is 16.5. The Morgan fingerprint density at radius 2 is 1.96 bits per heavy atom. The molecule has 0 bridgehead atoms. The third-order valence-corrected chi connectivity index (χ3v) is 4.73. The maximum Gasteiger partial charge on any atom is 0.225 e. The second-order valence-electron chi connectivity index (χ2n) is 7.33. The molecule has 0 aliphatic rings. The predicted octanol–water partition coefficient (Wildman–Crippen LogP) is 3.91. The minimum absolute atomic E-state index is 0.0153. The molecule has 0 saturated carbocycles. The summed E-state index contributed by atoms with van der Waals surface area (Å²) in [5, 5.41) is 3.20. The van der Waals surface area contributed by atoms with E-state index in [1.807, 2.05) is 36.4 Å². The fourth-order valence-corrected chi connectivity index (χ4v) is 3.43. The lowest BCUT2D eigenvalue weighted by Crippen LogP contribution is -2.32. The number of methoxy groups -OCH3 is 1. The number of nitrogens with zero attached hydrogens (tertiary/aromatic N) is 3. The number of aromatic nitrogens is 3. The molecule has 3 rings (SSSR count). The van der Waals surface area contributed by atoms with E-state index in [2.05, 4.69) is 35.6 Å². The summed E-state index contributed by atoms with van der Waals surface area (Å²) in [5.74, 6) is 2.06. The molecular weight excluding hydrogens is 352 g/mol. The van der Waals surface area contributed by atoms with Crippen molar-refractivity contribution in [3.8, 4) is 5.75 Å². The van der Waals surface area contributed by atoms with Crippen LogP contribution in [0.25, 0.3) is 11.2 Å². The molecule has 1 amide bonds. The minimum atomic E-state index is -0.153. The van der Waals surface area contributed by atoms with Crippen LogP contribution >= 0.6 is 0 Å². The van der Waals surface area contributed by atoms with Gasteiger partial charge in [0.1, 0.15) is 17.1 Å². The standard InChI is InChI=1S/C22H28N4O2/c1-5-26-21-18(7-6-12-23-21)25-22(26)19(13-15(2)3)24-20(27)14-16-8-10-17(28-4)11-9-16/h6-12,15,19H,5,13-14H2,1-4H3,(H,24,27)/t19-/m1/s1. The number of hydrogen-bond acceptors (Lipinski definition) is 4. The molecule has 0 aliphatic carbocycles. The summed E-state index contributed by atoms with van der Waals surface area (Å²) in [6.45, 7) is 7.14. The first-order valence-electron chi connectivity index (χ1n) is 9.75. The zero-order valence-electron chi connectivity index (χ0n) is 17.0. The normalized spacial score (nSPS) is 12.3. The van der Waals surface area contributed by atoms with Gasteiger partial charge in [0.15, 0.2) is 5.65 Å². The predicted molar refractivity (Wildman–Crippen MR) is 110 cm³/mol. The van der Waals surface area contributed by atoms with E-state index in [0.29, 0.717) is 12.3 Å². The maximum absolute atomic E-state index is 12.8. The van der Waals surface area contributed by atoms with Crippen molar-refractivity contribution in [1.82, 2.24) is 19.9 Å². The summed E-state index contributed by atoms with van der Waals surface area (Å²) in [5.41, 5.74) is 2.67. The van der Waals surface area contributed by atoms with Crippen LogP contribution < -0.4 is 10.1 Å². The minimum Gasteiger partial charge on any atom is -0.497 e. The Morgan fingerprint density at radius 3 is 2.61 bits per heavy atom. The number of imidazole rings is 1. The fraction of sp³-hybridized carbons (Fsp3) is 0.409. The third kappa shape index (κ3) is 4.50. The van der Waals surface area contributed by atoms with Gasteiger partial charge in [0.2, 0.25) is 5.91 Å². The Balaban J connectivity index is 1.83. The average Bonchev–Trinajstić information content (AvgIpc) is 3.06. The van der Waals surface area contributed by atoms with E-state index in [4.69, 9.17) is 9.72 Å². The first-order valence-corrected chi connectivity index (χ1v) is 9.75. The highest BCUT2D eigenvalue weighted by Gasteiger charge is 2.23. The summed E-state index contributed by atoms with van der Waals surface area (Å²) in [7, 11) is 1.63. The molecule has 0 fully saturated rings. The molecule has 148 valence electrons. The van der Waals surface area contributed by atoms with E-state index in [9.17, 15) is 4.79 Å². The van der Waals surface area contributed by atoms with Gasteiger partial charge in [-0.3, -0.25) is 4.79 Å². The molecule has 2 aromatic heterocycles. The van der Waals surface area contributed by atoms with Crippen molar-refractivity contribution < 1.29 is 9.53 Å². The third-order valence-electron chi connectivity index (χ3n) is 4.73. The number of ether oxygens (including phenoxy) is 1. The van der Waals surface area contributed by atoms with Crippen molar-refractivity contribution in [3.63, 3.8) is 0 Å². The van der Waals surface area contributed by atoms with E-state index in [1.165, 1.54) is 0 Å². The van der Waals surface area contributed by atoms with E-state index in [0.717, 1.165) is 41.3 Å². The van der Waals surface area contributed by atoms with Gasteiger partial charge in [-0.25, -0.2) is 9.97 Å². The largest absolute Gasteiger partial charge is 0.497 e. The molecular formula is C22H28N4O2. The second kappa shape index (κ2) is 8.87. The number of amides is 1. The van der Waals surface area contributed by atoms with Gasteiger partial charge < -0.3 is 14.6 Å². The van der Waals surface area contributed by atoms with Crippen LogP contribution in [0.5, 0.6) is 5.75 Å². The van der Waals surface area contributed by atoms with Crippen molar-refractivity contribution in [1.29, 1.82) is 0 Å². The first kappa shape index (κ1) is 19.9. The molecule has 0 radical (unpaired) electrons. The zero-order valence-corrected chi connectivity index (χ0v) is 17.0. The number of hydrogen-bond donors (Lipinski definition) is 1. The van der Waals surface area contributed by atoms with E-state index in [-0.39, 0.29) is 11.9 Å². The lowest BCUT2D eigenvalue weighted by molar-refractivity contribution is -0.121. The molecule has 6 heteroatoms. The SMILES string of the molecule is CCn1c([C@@H](CC(C)C)NC(=O)Cc2ccc(OC)cc2)nc2cccnc21. The first-order chi connectivity index (χ1) is 13.5. The molecule has 28 heavy (non-hydrogen) atoms. The number of carbonyl (C=O) groups excluding carboxylic acids is 1. The van der Waals surface area contributed by atoms with E-state index >= 15 is 0 Å². The van der Waals surface area contributed by atoms with Gasteiger partial charge in [0.05, 0.1) is 19.6 Å². The molecule has 0 unspecified atom stereocenters. The molecule has 1 N–H and O–H groups in total. The number of benzene rings is 1. The van der Waals surface area contributed by atoms with Gasteiger partial charge >= 0.3 is 0 Å². The lowest BCUT2D eigenvalue weighted by Gasteiger charge is -2.21. The van der Waals surface area contributed by atoms with Crippen molar-refractivity contribution in [3.05, 3.63) is 54.0 Å². The summed E-state index contributed by atoms with van der Waals surface area (Å²) in [4.78, 5) is 22.0. The summed E-state index contributed by atoms with van der Waals surface area (Å²) < 4.78 is 7.27. The number of aryl methyl sites for hydroxylation is 1. The Kier molecular flexibility index (Phi) is 6.29. The van der Waals surface area contributed by atoms with Crippen molar-refractivity contribution in [2.75, 3.05) is 7.11 Å². The Morgan fingerprint density at radius 1 is 1.21 bits per heavy atom. The molecule has 2 heterocycles. The van der Waals surface area contributed by atoms with Crippen LogP contribution in [0.15, 0.2) is 42.6 Å². The van der Waals surface area contributed by atoms with Gasteiger partial charge in [-0.2, -0.15) is 0 Å². The molecule has 1 aromatic carbocycles. The zero-order chi connectivity index (χ0) is 20.1. The van der Waals surface area contributed by atoms with Crippen LogP contribution in [0.3, 0.4) is 0 Å². The molecule has 6 nitrogen and oxygen atoms in total. The van der Waals surface area contributed by atoms with Crippen LogP contribution in [-0.4, -0.2) is 27.6 Å². The van der Waals surface area contributed by atoms with Crippen LogP contribution in [0.4, 0.5) is 0 Å². The Hall–Kier alpha value is -2.89. The summed E-state index contributed by atoms with van der Waals surface area (Å²) >= 11 is 0. The van der Waals surface area contributed by atoms with Gasteiger partial charge in [0, 0.05) is 12.7 Å². The molecule has 0 aliphatic heterocycles. The van der Waals surface area contributed by atoms with Crippen LogP contribution in [0, 0.1) is 5.92 Å². The smallest absolute Gasteiger partial charge is 0.225 e. The monoisotopic (exact) mass is 380 g/mol. The number of fused-ring (bicyclic) bond motifs is 1. The molecule has 3 aromatic rings. The topological polar surface area (TPSA) is 69.0 Å². The van der Waals surface area contributed by atoms with Crippen molar-refractivity contribution in [2.24, 2.45) is 5.92 Å². The van der Waals surface area contributed by atoms with Crippen molar-refractivity contribution in [2.45, 2.75) is 46.2 Å². The van der Waals surface area contributed by atoms with Gasteiger partial charge in [-0.15, -0.1) is 0 Å². The van der Waals surface area contributed by atoms with Crippen LogP contribution in [0.1, 0.15) is 44.6 Å². The number of carbonyl (C=O) groups is 1. The number of nitrogens with one attached hydrogen (secondary N) is 1. The summed E-state index contributed by atoms with van der Waals surface area (Å²) in [6.07, 6.45) is 2.92. The van der Waals surface area contributed by atoms with Crippen molar-refractivity contribution >= 4 is 17.1 Å². The number of rotatable bonds is 8. The van der Waals surface area contributed by atoms with E-state index < -0.39 is 0 Å². The van der Waals surface area contributed by atoms with Gasteiger partial charge in [-0.1, -0.05) is 26.0 Å². The average molecular weight is 380 g/mol. The van der Waals surface area contributed by atoms with Crippen LogP contribution in [-0.2, 0) is 17.8 Å². The Bertz CT molecular complexity index is 931. The fourth-order valence-electron chi connectivity index (χ4n) is 3.43. The van der Waals surface area contributed by atoms with Gasteiger partial charge in [0.25, 0.3) is 0 Å². The summed E-state index contributed by atoms with van der Waals surface area (Å²) in [6, 6.07) is 11.3. The maximum atomic E-state index is 12.8. The number of pyridine rings is 1. The van der Waals surface area contributed by atoms with E-state index in [1.54, 1.807) is 13.3 Å². The molecule has 0 spiro atoms. The lowest BCUT2D eigenvalue weighted by atomic mass is 10.0. The highest BCUT2D eigenvalue weighted by molar-refractivity contribution is 5.79. The van der Waals surface area contributed by atoms with Crippen LogP contribution in [0.2, 0.25) is 0 Å². The quantitative estimate of drug-likeness (QED) is 0.643. The van der Waals surface area contributed by atoms with Gasteiger partial charge in [-0.05, 0) is 49.1 Å².